The van der Waals surface area contributed by atoms with Gasteiger partial charge < -0.3 is 14.2 Å². The Labute approximate surface area is 118 Å². The highest BCUT2D eigenvalue weighted by Gasteiger charge is 2.40. The Morgan fingerprint density at radius 2 is 2.20 bits per heavy atom. The molecule has 6 nitrogen and oxygen atoms in total. The Bertz CT molecular complexity index is 446. The lowest BCUT2D eigenvalue weighted by Gasteiger charge is -2.39. The SMILES string of the molecule is CC1(C(=O)N2CCC(c3ncon3)CC2)CCCCO1. The number of carbonyl (C=O) groups is 1. The summed E-state index contributed by atoms with van der Waals surface area (Å²) in [5.74, 6) is 1.21. The molecule has 6 heteroatoms. The van der Waals surface area contributed by atoms with Crippen LogP contribution in [0.25, 0.3) is 0 Å². The number of hydrogen-bond donors (Lipinski definition) is 0. The van der Waals surface area contributed by atoms with E-state index in [2.05, 4.69) is 10.1 Å². The predicted octanol–water partition coefficient (Wildman–Crippen LogP) is 1.73. The van der Waals surface area contributed by atoms with Gasteiger partial charge in [0.15, 0.2) is 5.82 Å². The van der Waals surface area contributed by atoms with Crippen molar-refractivity contribution in [3.05, 3.63) is 12.2 Å². The van der Waals surface area contributed by atoms with Crippen molar-refractivity contribution in [3.63, 3.8) is 0 Å². The molecule has 1 unspecified atom stereocenters. The van der Waals surface area contributed by atoms with Crippen LogP contribution >= 0.6 is 0 Å². The van der Waals surface area contributed by atoms with Crippen LogP contribution in [0.2, 0.25) is 0 Å². The summed E-state index contributed by atoms with van der Waals surface area (Å²) in [6.45, 7) is 4.12. The van der Waals surface area contributed by atoms with Crippen LogP contribution in [-0.4, -0.2) is 46.2 Å². The minimum absolute atomic E-state index is 0.142. The Morgan fingerprint density at radius 3 is 2.80 bits per heavy atom. The second kappa shape index (κ2) is 5.52. The molecule has 1 aromatic rings. The first-order chi connectivity index (χ1) is 9.69. The second-order valence-corrected chi connectivity index (χ2v) is 5.89. The van der Waals surface area contributed by atoms with Crippen molar-refractivity contribution in [1.29, 1.82) is 0 Å². The molecule has 110 valence electrons. The van der Waals surface area contributed by atoms with Gasteiger partial charge in [-0.05, 0) is 39.0 Å². The maximum Gasteiger partial charge on any atom is 0.254 e. The second-order valence-electron chi connectivity index (χ2n) is 5.89. The maximum atomic E-state index is 12.6. The number of nitrogens with zero attached hydrogens (tertiary/aromatic N) is 3. The van der Waals surface area contributed by atoms with E-state index in [1.54, 1.807) is 0 Å². The molecule has 0 saturated carbocycles. The van der Waals surface area contributed by atoms with Crippen LogP contribution in [0.1, 0.15) is 50.8 Å². The van der Waals surface area contributed by atoms with Crippen LogP contribution in [0.5, 0.6) is 0 Å². The average molecular weight is 279 g/mol. The third-order valence-electron chi connectivity index (χ3n) is 4.45. The first-order valence-corrected chi connectivity index (χ1v) is 7.39. The van der Waals surface area contributed by atoms with Crippen molar-refractivity contribution in [2.24, 2.45) is 0 Å². The summed E-state index contributed by atoms with van der Waals surface area (Å²) >= 11 is 0. The van der Waals surface area contributed by atoms with Crippen molar-refractivity contribution in [3.8, 4) is 0 Å². The summed E-state index contributed by atoms with van der Waals surface area (Å²) in [5, 5.41) is 3.90. The van der Waals surface area contributed by atoms with E-state index < -0.39 is 5.60 Å². The van der Waals surface area contributed by atoms with Gasteiger partial charge in [-0.2, -0.15) is 4.98 Å². The van der Waals surface area contributed by atoms with Crippen LogP contribution in [0.3, 0.4) is 0 Å². The summed E-state index contributed by atoms with van der Waals surface area (Å²) in [6, 6.07) is 0. The zero-order valence-electron chi connectivity index (χ0n) is 11.9. The zero-order valence-corrected chi connectivity index (χ0v) is 11.9. The molecule has 2 aliphatic rings. The Kier molecular flexibility index (Phi) is 3.74. The van der Waals surface area contributed by atoms with E-state index >= 15 is 0 Å². The maximum absolute atomic E-state index is 12.6. The van der Waals surface area contributed by atoms with Crippen LogP contribution in [0.15, 0.2) is 10.9 Å². The van der Waals surface area contributed by atoms with Gasteiger partial charge in [0.1, 0.15) is 5.60 Å². The van der Waals surface area contributed by atoms with Crippen LogP contribution in [-0.2, 0) is 9.53 Å². The topological polar surface area (TPSA) is 68.5 Å². The molecule has 1 atom stereocenters. The lowest BCUT2D eigenvalue weighted by molar-refractivity contribution is -0.163. The third kappa shape index (κ3) is 2.57. The zero-order chi connectivity index (χ0) is 14.0. The van der Waals surface area contributed by atoms with Gasteiger partial charge in [0.05, 0.1) is 0 Å². The molecule has 0 radical (unpaired) electrons. The van der Waals surface area contributed by atoms with Gasteiger partial charge in [0.2, 0.25) is 6.39 Å². The van der Waals surface area contributed by atoms with Crippen LogP contribution < -0.4 is 0 Å². The van der Waals surface area contributed by atoms with Gasteiger partial charge in [-0.3, -0.25) is 4.79 Å². The predicted molar refractivity (Wildman–Crippen MR) is 71.1 cm³/mol. The van der Waals surface area contributed by atoms with Gasteiger partial charge in [0, 0.05) is 25.6 Å². The van der Waals surface area contributed by atoms with Gasteiger partial charge in [-0.1, -0.05) is 5.16 Å². The number of hydrogen-bond acceptors (Lipinski definition) is 5. The summed E-state index contributed by atoms with van der Waals surface area (Å²) in [6.07, 6.45) is 6.10. The van der Waals surface area contributed by atoms with Crippen LogP contribution in [0, 0.1) is 0 Å². The van der Waals surface area contributed by atoms with Crippen molar-refractivity contribution in [2.45, 2.75) is 50.5 Å². The Balaban J connectivity index is 1.59. The number of piperidine rings is 1. The summed E-state index contributed by atoms with van der Waals surface area (Å²) < 4.78 is 10.5. The molecule has 0 spiro atoms. The molecule has 3 heterocycles. The van der Waals surface area contributed by atoms with E-state index in [1.165, 1.54) is 6.39 Å². The third-order valence-corrected chi connectivity index (χ3v) is 4.45. The summed E-state index contributed by atoms with van der Waals surface area (Å²) in [5.41, 5.74) is -0.614. The molecule has 1 amide bonds. The summed E-state index contributed by atoms with van der Waals surface area (Å²) in [4.78, 5) is 18.7. The fourth-order valence-corrected chi connectivity index (χ4v) is 3.14. The molecule has 1 aromatic heterocycles. The monoisotopic (exact) mass is 279 g/mol. The minimum atomic E-state index is -0.614. The van der Waals surface area contributed by atoms with Gasteiger partial charge in [-0.25, -0.2) is 0 Å². The van der Waals surface area contributed by atoms with Crippen LogP contribution in [0.4, 0.5) is 0 Å². The Morgan fingerprint density at radius 1 is 1.40 bits per heavy atom. The van der Waals surface area contributed by atoms with E-state index in [-0.39, 0.29) is 5.91 Å². The first kappa shape index (κ1) is 13.5. The quantitative estimate of drug-likeness (QED) is 0.824. The fraction of sp³-hybridized carbons (Fsp3) is 0.786. The molecule has 0 bridgehead atoms. The largest absolute Gasteiger partial charge is 0.365 e. The van der Waals surface area contributed by atoms with Gasteiger partial charge in [0.25, 0.3) is 5.91 Å². The molecule has 0 aliphatic carbocycles. The lowest BCUT2D eigenvalue weighted by atomic mass is 9.91. The number of ether oxygens (including phenoxy) is 1. The number of carbonyl (C=O) groups excluding carboxylic acids is 1. The number of amides is 1. The molecule has 2 saturated heterocycles. The fourth-order valence-electron chi connectivity index (χ4n) is 3.14. The van der Waals surface area contributed by atoms with E-state index in [9.17, 15) is 4.79 Å². The molecular formula is C14H21N3O3. The highest BCUT2D eigenvalue weighted by Crippen LogP contribution is 2.30. The first-order valence-electron chi connectivity index (χ1n) is 7.39. The standard InChI is InChI=1S/C14H21N3O3/c1-14(6-2-3-9-19-14)13(18)17-7-4-11(5-8-17)12-15-10-20-16-12/h10-11H,2-9H2,1H3. The lowest BCUT2D eigenvalue weighted by Crippen LogP contribution is -2.52. The van der Waals surface area contributed by atoms with Crippen molar-refractivity contribution in [1.82, 2.24) is 15.0 Å². The van der Waals surface area contributed by atoms with E-state index in [1.807, 2.05) is 11.8 Å². The number of likely N-dealkylation sites (tertiary alicyclic amines) is 1. The normalized spacial score (nSPS) is 28.6. The number of rotatable bonds is 2. The van der Waals surface area contributed by atoms with E-state index in [4.69, 9.17) is 9.26 Å². The van der Waals surface area contributed by atoms with Gasteiger partial charge in [-0.15, -0.1) is 0 Å². The smallest absolute Gasteiger partial charge is 0.254 e. The highest BCUT2D eigenvalue weighted by molar-refractivity contribution is 5.85. The Hall–Kier alpha value is -1.43. The molecule has 0 aromatic carbocycles. The van der Waals surface area contributed by atoms with Crippen molar-refractivity contribution in [2.75, 3.05) is 19.7 Å². The average Bonchev–Trinajstić information content (AvgIpc) is 3.02. The molecule has 2 fully saturated rings. The molecule has 20 heavy (non-hydrogen) atoms. The molecule has 0 N–H and O–H groups in total. The summed E-state index contributed by atoms with van der Waals surface area (Å²) in [7, 11) is 0. The minimum Gasteiger partial charge on any atom is -0.365 e. The molecular weight excluding hydrogens is 258 g/mol. The molecule has 3 rings (SSSR count). The number of aromatic nitrogens is 2. The van der Waals surface area contributed by atoms with Gasteiger partial charge >= 0.3 is 0 Å². The van der Waals surface area contributed by atoms with Crippen molar-refractivity contribution >= 4 is 5.91 Å². The van der Waals surface area contributed by atoms with E-state index in [0.29, 0.717) is 12.5 Å². The molecule has 2 aliphatic heterocycles. The van der Waals surface area contributed by atoms with Crippen molar-refractivity contribution < 1.29 is 14.1 Å². The van der Waals surface area contributed by atoms with E-state index in [0.717, 1.165) is 51.0 Å². The highest BCUT2D eigenvalue weighted by atomic mass is 16.5.